The Labute approximate surface area is 129 Å². The molecule has 5 nitrogen and oxygen atoms in total. The summed E-state index contributed by atoms with van der Waals surface area (Å²) >= 11 is 5.77. The molecule has 0 fully saturated rings. The van der Waals surface area contributed by atoms with Crippen LogP contribution in [0.5, 0.6) is 0 Å². The summed E-state index contributed by atoms with van der Waals surface area (Å²) < 4.78 is 26.9. The normalized spacial score (nSPS) is 11.8. The molecule has 1 heterocycles. The molecule has 116 valence electrons. The lowest BCUT2D eigenvalue weighted by molar-refractivity contribution is 0.166. The highest BCUT2D eigenvalue weighted by molar-refractivity contribution is 6.32. The van der Waals surface area contributed by atoms with Crippen LogP contribution in [0.1, 0.15) is 11.7 Å². The molecule has 1 atom stereocenters. The number of benzene rings is 1. The molecule has 8 heteroatoms. The van der Waals surface area contributed by atoms with Crippen molar-refractivity contribution in [1.29, 1.82) is 0 Å². The maximum Gasteiger partial charge on any atom is 0.319 e. The Hall–Kier alpha value is -2.25. The Kier molecular flexibility index (Phi) is 5.24. The van der Waals surface area contributed by atoms with Crippen LogP contribution in [0.25, 0.3) is 0 Å². The molecule has 0 aliphatic rings. The van der Waals surface area contributed by atoms with E-state index in [2.05, 4.69) is 15.6 Å². The smallest absolute Gasteiger partial charge is 0.319 e. The third kappa shape index (κ3) is 3.90. The van der Waals surface area contributed by atoms with E-state index in [1.807, 2.05) is 0 Å². The second-order valence-electron chi connectivity index (χ2n) is 4.33. The minimum Gasteiger partial charge on any atom is -0.386 e. The maximum atomic E-state index is 13.5. The Balaban J connectivity index is 1.95. The number of nitrogens with zero attached hydrogens (tertiary/aromatic N) is 1. The summed E-state index contributed by atoms with van der Waals surface area (Å²) in [4.78, 5) is 15.4. The van der Waals surface area contributed by atoms with Gasteiger partial charge < -0.3 is 15.7 Å². The zero-order valence-corrected chi connectivity index (χ0v) is 11.9. The van der Waals surface area contributed by atoms with E-state index in [1.165, 1.54) is 18.3 Å². The summed E-state index contributed by atoms with van der Waals surface area (Å²) in [6.07, 6.45) is -0.0628. The van der Waals surface area contributed by atoms with Crippen molar-refractivity contribution in [2.45, 2.75) is 6.10 Å². The summed E-state index contributed by atoms with van der Waals surface area (Å²) in [6.45, 7) is -0.373. The minimum atomic E-state index is -1.52. The quantitative estimate of drug-likeness (QED) is 0.756. The van der Waals surface area contributed by atoms with Crippen molar-refractivity contribution in [2.24, 2.45) is 0 Å². The lowest BCUT2D eigenvalue weighted by Gasteiger charge is -2.14. The molecular formula is C14H12ClF2N3O2. The van der Waals surface area contributed by atoms with Crippen molar-refractivity contribution < 1.29 is 18.7 Å². The van der Waals surface area contributed by atoms with Crippen molar-refractivity contribution in [3.63, 3.8) is 0 Å². The van der Waals surface area contributed by atoms with Crippen LogP contribution in [0.4, 0.5) is 19.3 Å². The zero-order valence-electron chi connectivity index (χ0n) is 11.2. The standard InChI is InChI=1S/C14H12ClF2N3O2/c15-13-10(5-2-6-18-13)20-14(22)19-7-11(21)12-8(16)3-1-4-9(12)17/h1-6,11,21H,7H2,(H2,19,20,22). The van der Waals surface area contributed by atoms with Crippen LogP contribution in [0.3, 0.4) is 0 Å². The predicted molar refractivity (Wildman–Crippen MR) is 77.6 cm³/mol. The Morgan fingerprint density at radius 2 is 1.95 bits per heavy atom. The third-order valence-corrected chi connectivity index (χ3v) is 3.10. The van der Waals surface area contributed by atoms with E-state index in [0.717, 1.165) is 12.1 Å². The molecule has 0 radical (unpaired) electrons. The summed E-state index contributed by atoms with van der Waals surface area (Å²) in [5.74, 6) is -1.77. The molecule has 1 unspecified atom stereocenters. The largest absolute Gasteiger partial charge is 0.386 e. The lowest BCUT2D eigenvalue weighted by atomic mass is 10.1. The predicted octanol–water partition coefficient (Wildman–Crippen LogP) is 2.87. The summed E-state index contributed by atoms with van der Waals surface area (Å²) in [5.41, 5.74) is -0.226. The van der Waals surface area contributed by atoms with Gasteiger partial charge >= 0.3 is 6.03 Å². The van der Waals surface area contributed by atoms with Gasteiger partial charge in [0.2, 0.25) is 0 Å². The molecule has 0 saturated heterocycles. The van der Waals surface area contributed by atoms with Gasteiger partial charge in [0.1, 0.15) is 17.7 Å². The number of anilines is 1. The van der Waals surface area contributed by atoms with Crippen LogP contribution in [-0.4, -0.2) is 22.7 Å². The van der Waals surface area contributed by atoms with Crippen LogP contribution in [0.15, 0.2) is 36.5 Å². The molecule has 0 saturated carbocycles. The highest BCUT2D eigenvalue weighted by atomic mass is 35.5. The number of amides is 2. The van der Waals surface area contributed by atoms with Crippen LogP contribution in [0, 0.1) is 11.6 Å². The molecule has 2 rings (SSSR count). The number of aliphatic hydroxyl groups excluding tert-OH is 1. The number of halogens is 3. The van der Waals surface area contributed by atoms with Gasteiger partial charge in [-0.1, -0.05) is 17.7 Å². The molecule has 2 amide bonds. The van der Waals surface area contributed by atoms with Crippen LogP contribution in [-0.2, 0) is 0 Å². The average molecular weight is 328 g/mol. The molecule has 22 heavy (non-hydrogen) atoms. The van der Waals surface area contributed by atoms with Crippen LogP contribution >= 0.6 is 11.6 Å². The number of hydrogen-bond donors (Lipinski definition) is 3. The van der Waals surface area contributed by atoms with E-state index in [9.17, 15) is 18.7 Å². The average Bonchev–Trinajstić information content (AvgIpc) is 2.47. The van der Waals surface area contributed by atoms with Crippen molar-refractivity contribution in [3.8, 4) is 0 Å². The van der Waals surface area contributed by atoms with Gasteiger partial charge in [-0.2, -0.15) is 0 Å². The van der Waals surface area contributed by atoms with Gasteiger partial charge in [-0.05, 0) is 24.3 Å². The molecule has 1 aromatic carbocycles. The van der Waals surface area contributed by atoms with Gasteiger partial charge in [-0.3, -0.25) is 0 Å². The highest BCUT2D eigenvalue weighted by Crippen LogP contribution is 2.20. The first-order chi connectivity index (χ1) is 10.5. The van der Waals surface area contributed by atoms with Gasteiger partial charge in [-0.25, -0.2) is 18.6 Å². The fourth-order valence-electron chi connectivity index (χ4n) is 1.77. The second-order valence-corrected chi connectivity index (χ2v) is 4.69. The fraction of sp³-hybridized carbons (Fsp3) is 0.143. The molecule has 0 spiro atoms. The van der Waals surface area contributed by atoms with E-state index in [-0.39, 0.29) is 17.4 Å². The van der Waals surface area contributed by atoms with Gasteiger partial charge in [0.05, 0.1) is 11.3 Å². The van der Waals surface area contributed by atoms with Gasteiger partial charge in [-0.15, -0.1) is 0 Å². The number of rotatable bonds is 4. The summed E-state index contributed by atoms with van der Waals surface area (Å²) in [6, 6.07) is 5.65. The van der Waals surface area contributed by atoms with Crippen LogP contribution < -0.4 is 10.6 Å². The molecular weight excluding hydrogens is 316 g/mol. The molecule has 0 aliphatic carbocycles. The van der Waals surface area contributed by atoms with Crippen molar-refractivity contribution in [1.82, 2.24) is 10.3 Å². The first-order valence-electron chi connectivity index (χ1n) is 6.26. The number of urea groups is 1. The maximum absolute atomic E-state index is 13.5. The van der Waals surface area contributed by atoms with E-state index in [4.69, 9.17) is 11.6 Å². The minimum absolute atomic E-state index is 0.0957. The van der Waals surface area contributed by atoms with E-state index in [1.54, 1.807) is 6.07 Å². The molecule has 0 bridgehead atoms. The number of pyridine rings is 1. The number of aliphatic hydroxyl groups is 1. The lowest BCUT2D eigenvalue weighted by Crippen LogP contribution is -2.33. The van der Waals surface area contributed by atoms with Gasteiger partial charge in [0.25, 0.3) is 0 Å². The summed E-state index contributed by atoms with van der Waals surface area (Å²) in [7, 11) is 0. The first kappa shape index (κ1) is 16.1. The fourth-order valence-corrected chi connectivity index (χ4v) is 1.93. The van der Waals surface area contributed by atoms with E-state index >= 15 is 0 Å². The van der Waals surface area contributed by atoms with Crippen molar-refractivity contribution >= 4 is 23.3 Å². The van der Waals surface area contributed by atoms with E-state index in [0.29, 0.717) is 0 Å². The van der Waals surface area contributed by atoms with Crippen LogP contribution in [0.2, 0.25) is 5.15 Å². The SMILES string of the molecule is O=C(NCC(O)c1c(F)cccc1F)Nc1cccnc1Cl. The molecule has 3 N–H and O–H groups in total. The molecule has 0 aliphatic heterocycles. The van der Waals surface area contributed by atoms with Crippen molar-refractivity contribution in [3.05, 3.63) is 58.9 Å². The van der Waals surface area contributed by atoms with E-state index < -0.39 is 29.3 Å². The van der Waals surface area contributed by atoms with Gasteiger partial charge in [0, 0.05) is 12.7 Å². The van der Waals surface area contributed by atoms with Gasteiger partial charge in [0.15, 0.2) is 5.15 Å². The Morgan fingerprint density at radius 1 is 1.27 bits per heavy atom. The summed E-state index contributed by atoms with van der Waals surface area (Å²) in [5, 5.41) is 14.6. The number of aromatic nitrogens is 1. The number of carbonyl (C=O) groups is 1. The molecule has 2 aromatic rings. The highest BCUT2D eigenvalue weighted by Gasteiger charge is 2.18. The number of nitrogens with one attached hydrogen (secondary N) is 2. The number of hydrogen-bond acceptors (Lipinski definition) is 3. The monoisotopic (exact) mass is 327 g/mol. The zero-order chi connectivity index (χ0) is 16.1. The molecule has 1 aromatic heterocycles. The second kappa shape index (κ2) is 7.15. The Morgan fingerprint density at radius 3 is 2.59 bits per heavy atom. The first-order valence-corrected chi connectivity index (χ1v) is 6.64. The number of carbonyl (C=O) groups excluding carboxylic acids is 1. The van der Waals surface area contributed by atoms with Crippen molar-refractivity contribution in [2.75, 3.05) is 11.9 Å². The Bertz CT molecular complexity index is 665. The third-order valence-electron chi connectivity index (χ3n) is 2.80. The topological polar surface area (TPSA) is 74.2 Å².